The van der Waals surface area contributed by atoms with Gasteiger partial charge in [-0.3, -0.25) is 14.6 Å². The van der Waals surface area contributed by atoms with Gasteiger partial charge in [0.25, 0.3) is 11.7 Å². The Labute approximate surface area is 180 Å². The molecule has 1 amide bonds. The number of pyridine rings is 1. The van der Waals surface area contributed by atoms with Crippen molar-refractivity contribution in [1.29, 1.82) is 0 Å². The summed E-state index contributed by atoms with van der Waals surface area (Å²) in [5.41, 5.74) is 0.951. The topological polar surface area (TPSA) is 92.2 Å². The van der Waals surface area contributed by atoms with E-state index in [9.17, 15) is 14.7 Å². The van der Waals surface area contributed by atoms with E-state index in [1.807, 2.05) is 19.0 Å². The van der Waals surface area contributed by atoms with Crippen molar-refractivity contribution in [3.05, 3.63) is 59.4 Å². The van der Waals surface area contributed by atoms with Gasteiger partial charge in [0.15, 0.2) is 11.5 Å². The Bertz CT molecular complexity index is 1020. The first-order chi connectivity index (χ1) is 15.0. The minimum Gasteiger partial charge on any atom is -0.507 e. The maximum absolute atomic E-state index is 13.0. The minimum absolute atomic E-state index is 0.0326. The quantitative estimate of drug-likeness (QED) is 0.433. The number of aromatic nitrogens is 1. The molecule has 1 saturated heterocycles. The van der Waals surface area contributed by atoms with Crippen LogP contribution in [-0.4, -0.2) is 72.0 Å². The lowest BCUT2D eigenvalue weighted by molar-refractivity contribution is -0.140. The molecule has 4 rings (SSSR count). The zero-order valence-electron chi connectivity index (χ0n) is 17.6. The molecule has 0 radical (unpaired) electrons. The Kier molecular flexibility index (Phi) is 5.90. The van der Waals surface area contributed by atoms with E-state index in [0.29, 0.717) is 48.9 Å². The number of likely N-dealkylation sites (tertiary alicyclic amines) is 1. The highest BCUT2D eigenvalue weighted by atomic mass is 16.6. The largest absolute Gasteiger partial charge is 0.507 e. The fraction of sp³-hybridized carbons (Fsp3) is 0.348. The number of ether oxygens (including phenoxy) is 2. The van der Waals surface area contributed by atoms with E-state index < -0.39 is 17.7 Å². The molecular weight excluding hydrogens is 398 g/mol. The van der Waals surface area contributed by atoms with Gasteiger partial charge < -0.3 is 24.4 Å². The van der Waals surface area contributed by atoms with Gasteiger partial charge in [0.1, 0.15) is 25.0 Å². The van der Waals surface area contributed by atoms with Crippen LogP contribution in [0.2, 0.25) is 0 Å². The first-order valence-electron chi connectivity index (χ1n) is 10.2. The molecular formula is C23H25N3O5. The van der Waals surface area contributed by atoms with Crippen molar-refractivity contribution >= 4 is 17.4 Å². The van der Waals surface area contributed by atoms with Crippen molar-refractivity contribution in [3.8, 4) is 11.5 Å². The summed E-state index contributed by atoms with van der Waals surface area (Å²) in [6.45, 7) is 2.00. The average Bonchev–Trinajstić information content (AvgIpc) is 3.03. The average molecular weight is 423 g/mol. The van der Waals surface area contributed by atoms with Gasteiger partial charge in [0, 0.05) is 18.3 Å². The number of hydrogen-bond donors (Lipinski definition) is 1. The molecule has 1 aromatic heterocycles. The van der Waals surface area contributed by atoms with Gasteiger partial charge in [-0.25, -0.2) is 0 Å². The Morgan fingerprint density at radius 1 is 1.16 bits per heavy atom. The molecule has 1 fully saturated rings. The number of aliphatic hydroxyl groups excluding tert-OH is 1. The Balaban J connectivity index is 1.76. The molecule has 2 aliphatic rings. The van der Waals surface area contributed by atoms with E-state index in [1.54, 1.807) is 42.6 Å². The summed E-state index contributed by atoms with van der Waals surface area (Å²) in [7, 11) is 3.90. The molecule has 0 unspecified atom stereocenters. The highest BCUT2D eigenvalue weighted by Gasteiger charge is 2.46. The Morgan fingerprint density at radius 2 is 1.94 bits per heavy atom. The summed E-state index contributed by atoms with van der Waals surface area (Å²) < 4.78 is 11.1. The van der Waals surface area contributed by atoms with E-state index >= 15 is 0 Å². The summed E-state index contributed by atoms with van der Waals surface area (Å²) in [5, 5.41) is 11.1. The van der Waals surface area contributed by atoms with Gasteiger partial charge in [0.2, 0.25) is 0 Å². The number of rotatable bonds is 6. The van der Waals surface area contributed by atoms with Crippen LogP contribution in [0.25, 0.3) is 5.76 Å². The molecule has 1 atom stereocenters. The Morgan fingerprint density at radius 3 is 2.65 bits per heavy atom. The van der Waals surface area contributed by atoms with Crippen LogP contribution < -0.4 is 9.47 Å². The number of carbonyl (C=O) groups is 2. The van der Waals surface area contributed by atoms with E-state index in [0.717, 1.165) is 6.54 Å². The molecule has 8 nitrogen and oxygen atoms in total. The number of carbonyl (C=O) groups excluding carboxylic acids is 2. The zero-order valence-corrected chi connectivity index (χ0v) is 17.6. The van der Waals surface area contributed by atoms with Gasteiger partial charge in [-0.1, -0.05) is 6.07 Å². The first-order valence-corrected chi connectivity index (χ1v) is 10.2. The molecule has 0 bridgehead atoms. The number of nitrogens with zero attached hydrogens (tertiary/aromatic N) is 3. The maximum atomic E-state index is 13.0. The van der Waals surface area contributed by atoms with Crippen molar-refractivity contribution in [2.45, 2.75) is 12.5 Å². The fourth-order valence-corrected chi connectivity index (χ4v) is 3.86. The summed E-state index contributed by atoms with van der Waals surface area (Å²) in [6, 6.07) is 9.53. The number of benzene rings is 1. The van der Waals surface area contributed by atoms with Gasteiger partial charge in [0.05, 0.1) is 11.3 Å². The monoisotopic (exact) mass is 423 g/mol. The summed E-state index contributed by atoms with van der Waals surface area (Å²) in [5.74, 6) is -0.527. The highest BCUT2D eigenvalue weighted by molar-refractivity contribution is 6.46. The van der Waals surface area contributed by atoms with Gasteiger partial charge in [-0.15, -0.1) is 0 Å². The SMILES string of the molecule is CN(C)CCCN1C(=O)C(=O)/C(=C(\O)c2ccc3c(c2)OCCO3)[C@@H]1c1ccccn1. The summed E-state index contributed by atoms with van der Waals surface area (Å²) in [4.78, 5) is 33.8. The van der Waals surface area contributed by atoms with Crippen molar-refractivity contribution in [3.63, 3.8) is 0 Å². The molecule has 8 heteroatoms. The lowest BCUT2D eigenvalue weighted by atomic mass is 9.98. The van der Waals surface area contributed by atoms with E-state index in [1.165, 1.54) is 4.90 Å². The van der Waals surface area contributed by atoms with Crippen LogP contribution in [-0.2, 0) is 9.59 Å². The van der Waals surface area contributed by atoms with E-state index in [2.05, 4.69) is 4.98 Å². The van der Waals surface area contributed by atoms with E-state index in [4.69, 9.17) is 9.47 Å². The molecule has 1 aromatic carbocycles. The zero-order chi connectivity index (χ0) is 22.0. The fourth-order valence-electron chi connectivity index (χ4n) is 3.86. The van der Waals surface area contributed by atoms with Crippen LogP contribution in [0.5, 0.6) is 11.5 Å². The van der Waals surface area contributed by atoms with Crippen molar-refractivity contribution in [1.82, 2.24) is 14.8 Å². The van der Waals surface area contributed by atoms with Crippen LogP contribution in [0.15, 0.2) is 48.2 Å². The summed E-state index contributed by atoms with van der Waals surface area (Å²) >= 11 is 0. The van der Waals surface area contributed by atoms with Gasteiger partial charge in [-0.05, 0) is 57.4 Å². The Hall–Kier alpha value is -3.39. The molecule has 162 valence electrons. The number of amides is 1. The summed E-state index contributed by atoms with van der Waals surface area (Å²) in [6.07, 6.45) is 2.30. The second-order valence-corrected chi connectivity index (χ2v) is 7.76. The lowest BCUT2D eigenvalue weighted by Crippen LogP contribution is -2.32. The van der Waals surface area contributed by atoms with Crippen LogP contribution in [0, 0.1) is 0 Å². The van der Waals surface area contributed by atoms with Gasteiger partial charge in [-0.2, -0.15) is 0 Å². The predicted octanol–water partition coefficient (Wildman–Crippen LogP) is 2.23. The number of aliphatic hydroxyl groups is 1. The lowest BCUT2D eigenvalue weighted by Gasteiger charge is -2.25. The van der Waals surface area contributed by atoms with E-state index in [-0.39, 0.29) is 11.3 Å². The number of Topliss-reactive ketones (excluding diaryl/α,β-unsaturated/α-hetero) is 1. The third-order valence-electron chi connectivity index (χ3n) is 5.33. The van der Waals surface area contributed by atoms with Crippen molar-refractivity contribution in [2.24, 2.45) is 0 Å². The maximum Gasteiger partial charge on any atom is 0.295 e. The number of ketones is 1. The normalized spacial score (nSPS) is 19.8. The second-order valence-electron chi connectivity index (χ2n) is 7.76. The van der Waals surface area contributed by atoms with Crippen molar-refractivity contribution in [2.75, 3.05) is 40.4 Å². The first kappa shape index (κ1) is 20.9. The molecule has 31 heavy (non-hydrogen) atoms. The molecule has 3 heterocycles. The molecule has 1 N–H and O–H groups in total. The van der Waals surface area contributed by atoms with Gasteiger partial charge >= 0.3 is 0 Å². The molecule has 0 saturated carbocycles. The smallest absolute Gasteiger partial charge is 0.295 e. The van der Waals surface area contributed by atoms with Crippen LogP contribution in [0.1, 0.15) is 23.7 Å². The second kappa shape index (κ2) is 8.77. The third kappa shape index (κ3) is 4.11. The number of hydrogen-bond acceptors (Lipinski definition) is 7. The number of fused-ring (bicyclic) bond motifs is 1. The predicted molar refractivity (Wildman–Crippen MR) is 114 cm³/mol. The standard InChI is InChI=1S/C23H25N3O5/c1-25(2)10-5-11-26-20(16-6-3-4-9-24-16)19(22(28)23(26)29)21(27)15-7-8-17-18(14-15)31-13-12-30-17/h3-4,6-9,14,20,27H,5,10-13H2,1-2H3/b21-19-/t20-/m0/s1. The van der Waals surface area contributed by atoms with Crippen LogP contribution in [0.4, 0.5) is 0 Å². The highest BCUT2D eigenvalue weighted by Crippen LogP contribution is 2.40. The molecule has 2 aliphatic heterocycles. The van der Waals surface area contributed by atoms with Crippen LogP contribution in [0.3, 0.4) is 0 Å². The third-order valence-corrected chi connectivity index (χ3v) is 5.33. The molecule has 2 aromatic rings. The van der Waals surface area contributed by atoms with Crippen molar-refractivity contribution < 1.29 is 24.2 Å². The minimum atomic E-state index is -0.753. The molecule has 0 aliphatic carbocycles. The molecule has 0 spiro atoms. The van der Waals surface area contributed by atoms with Crippen LogP contribution >= 0.6 is 0 Å².